The van der Waals surface area contributed by atoms with Crippen LogP contribution < -0.4 is 4.90 Å². The van der Waals surface area contributed by atoms with E-state index in [-0.39, 0.29) is 5.91 Å². The van der Waals surface area contributed by atoms with Crippen LogP contribution in [0.3, 0.4) is 0 Å². The normalized spacial score (nSPS) is 14.3. The van der Waals surface area contributed by atoms with Crippen LogP contribution in [0.2, 0.25) is 0 Å². The molecule has 0 aliphatic carbocycles. The first-order valence-corrected chi connectivity index (χ1v) is 11.2. The van der Waals surface area contributed by atoms with Crippen LogP contribution in [0.1, 0.15) is 27.6 Å². The molecule has 0 spiro atoms. The smallest absolute Gasteiger partial charge is 0.288 e. The maximum absolute atomic E-state index is 13.0. The number of piperazine rings is 1. The molecule has 0 unspecified atom stereocenters. The van der Waals surface area contributed by atoms with E-state index < -0.39 is 5.76 Å². The van der Waals surface area contributed by atoms with Crippen LogP contribution >= 0.6 is 11.8 Å². The van der Waals surface area contributed by atoms with Crippen molar-refractivity contribution in [3.63, 3.8) is 0 Å². The predicted octanol–water partition coefficient (Wildman–Crippen LogP) is 3.86. The fourth-order valence-electron chi connectivity index (χ4n) is 3.82. The number of hydrogen-bond acceptors (Lipinski definition) is 6. The fourth-order valence-corrected chi connectivity index (χ4v) is 4.45. The highest BCUT2D eigenvalue weighted by molar-refractivity contribution is 7.99. The van der Waals surface area contributed by atoms with Crippen molar-refractivity contribution in [1.82, 2.24) is 24.6 Å². The topological polar surface area (TPSA) is 67.2 Å². The van der Waals surface area contributed by atoms with Gasteiger partial charge in [-0.15, -0.1) is 0 Å². The van der Waals surface area contributed by atoms with Gasteiger partial charge in [-0.05, 0) is 39.0 Å². The average Bonchev–Trinajstić information content (AvgIpc) is 3.11. The van der Waals surface area contributed by atoms with Gasteiger partial charge in [0.1, 0.15) is 11.6 Å². The zero-order valence-electron chi connectivity index (χ0n) is 18.1. The lowest BCUT2D eigenvalue weighted by Crippen LogP contribution is -2.49. The molecule has 7 nitrogen and oxygen atoms in total. The van der Waals surface area contributed by atoms with Crippen LogP contribution in [-0.4, -0.2) is 62.5 Å². The fraction of sp³-hybridized carbons (Fsp3) is 0.364. The molecule has 168 valence electrons. The quantitative estimate of drug-likeness (QED) is 0.541. The van der Waals surface area contributed by atoms with E-state index in [4.69, 9.17) is 0 Å². The number of hydrogen-bond donors (Lipinski definition) is 0. The Hall–Kier alpha value is -3.01. The van der Waals surface area contributed by atoms with Crippen molar-refractivity contribution in [3.05, 3.63) is 59.2 Å². The number of carbonyl (C=O) groups excluding carboxylic acids is 1. The van der Waals surface area contributed by atoms with Crippen molar-refractivity contribution in [2.45, 2.75) is 31.4 Å². The first-order chi connectivity index (χ1) is 15.3. The second-order valence-electron chi connectivity index (χ2n) is 7.62. The van der Waals surface area contributed by atoms with E-state index in [1.54, 1.807) is 33.8 Å². The SMILES string of the molecule is Cc1cc(C)n(-c2cc(N3CCN(C(=O)c4ccccc4SC(F)F)CC3)nc(C)n2)n1. The van der Waals surface area contributed by atoms with Crippen LogP contribution in [0.4, 0.5) is 14.6 Å². The lowest BCUT2D eigenvalue weighted by atomic mass is 10.2. The van der Waals surface area contributed by atoms with E-state index in [0.29, 0.717) is 60.0 Å². The zero-order chi connectivity index (χ0) is 22.8. The molecule has 1 amide bonds. The molecule has 1 fully saturated rings. The van der Waals surface area contributed by atoms with Crippen molar-refractivity contribution in [1.29, 1.82) is 0 Å². The Labute approximate surface area is 189 Å². The Morgan fingerprint density at radius 3 is 2.34 bits per heavy atom. The van der Waals surface area contributed by atoms with Crippen molar-refractivity contribution < 1.29 is 13.6 Å². The molecular weight excluding hydrogens is 434 g/mol. The van der Waals surface area contributed by atoms with Crippen molar-refractivity contribution in [3.8, 4) is 5.82 Å². The molecule has 32 heavy (non-hydrogen) atoms. The van der Waals surface area contributed by atoms with Gasteiger partial charge < -0.3 is 9.80 Å². The number of halogens is 2. The van der Waals surface area contributed by atoms with Gasteiger partial charge in [-0.1, -0.05) is 23.9 Å². The highest BCUT2D eigenvalue weighted by Gasteiger charge is 2.26. The molecule has 0 saturated carbocycles. The third-order valence-electron chi connectivity index (χ3n) is 5.26. The molecule has 0 N–H and O–H groups in total. The summed E-state index contributed by atoms with van der Waals surface area (Å²) in [7, 11) is 0. The Morgan fingerprint density at radius 1 is 1.00 bits per heavy atom. The predicted molar refractivity (Wildman–Crippen MR) is 120 cm³/mol. The van der Waals surface area contributed by atoms with Gasteiger partial charge in [0, 0.05) is 42.8 Å². The number of aromatic nitrogens is 4. The molecule has 3 heterocycles. The molecule has 1 aliphatic rings. The van der Waals surface area contributed by atoms with Crippen molar-refractivity contribution in [2.75, 3.05) is 31.1 Å². The number of nitrogens with zero attached hydrogens (tertiary/aromatic N) is 6. The molecule has 3 aromatic rings. The minimum atomic E-state index is -2.57. The molecular formula is C22H24F2N6OS. The Morgan fingerprint density at radius 2 is 1.69 bits per heavy atom. The molecule has 1 aliphatic heterocycles. The second-order valence-corrected chi connectivity index (χ2v) is 8.66. The monoisotopic (exact) mass is 458 g/mol. The van der Waals surface area contributed by atoms with Crippen LogP contribution in [-0.2, 0) is 0 Å². The zero-order valence-corrected chi connectivity index (χ0v) is 18.9. The molecule has 0 atom stereocenters. The van der Waals surface area contributed by atoms with Gasteiger partial charge in [0.25, 0.3) is 11.7 Å². The lowest BCUT2D eigenvalue weighted by Gasteiger charge is -2.35. The Kier molecular flexibility index (Phi) is 6.40. The van der Waals surface area contributed by atoms with E-state index in [1.165, 1.54) is 0 Å². The highest BCUT2D eigenvalue weighted by Crippen LogP contribution is 2.29. The summed E-state index contributed by atoms with van der Waals surface area (Å²) in [6.45, 7) is 7.88. The van der Waals surface area contributed by atoms with Crippen molar-refractivity contribution >= 4 is 23.5 Å². The molecule has 1 aromatic carbocycles. The molecule has 0 radical (unpaired) electrons. The molecule has 10 heteroatoms. The van der Waals surface area contributed by atoms with Gasteiger partial charge in [-0.25, -0.2) is 14.6 Å². The Balaban J connectivity index is 1.49. The number of alkyl halides is 2. The molecule has 4 rings (SSSR count). The van der Waals surface area contributed by atoms with Crippen LogP contribution in [0.5, 0.6) is 0 Å². The third-order valence-corrected chi connectivity index (χ3v) is 6.05. The summed E-state index contributed by atoms with van der Waals surface area (Å²) in [5.74, 6) is -0.675. The largest absolute Gasteiger partial charge is 0.353 e. The summed E-state index contributed by atoms with van der Waals surface area (Å²) < 4.78 is 27.5. The van der Waals surface area contributed by atoms with Crippen molar-refractivity contribution in [2.24, 2.45) is 0 Å². The molecule has 0 bridgehead atoms. The van der Waals surface area contributed by atoms with Gasteiger partial charge in [0.05, 0.1) is 11.3 Å². The van der Waals surface area contributed by atoms with Gasteiger partial charge >= 0.3 is 0 Å². The Bertz CT molecular complexity index is 1130. The number of benzene rings is 1. The number of aryl methyl sites for hydroxylation is 3. The van der Waals surface area contributed by atoms with E-state index in [9.17, 15) is 13.6 Å². The van der Waals surface area contributed by atoms with E-state index >= 15 is 0 Å². The summed E-state index contributed by atoms with van der Waals surface area (Å²) in [5, 5.41) is 4.50. The maximum Gasteiger partial charge on any atom is 0.288 e. The van der Waals surface area contributed by atoms with Crippen LogP contribution in [0.25, 0.3) is 5.82 Å². The first kappa shape index (κ1) is 22.2. The van der Waals surface area contributed by atoms with E-state index in [1.807, 2.05) is 32.9 Å². The van der Waals surface area contributed by atoms with Gasteiger partial charge in [0.2, 0.25) is 0 Å². The van der Waals surface area contributed by atoms with Gasteiger partial charge in [-0.2, -0.15) is 13.9 Å². The highest BCUT2D eigenvalue weighted by atomic mass is 32.2. The third kappa shape index (κ3) is 4.74. The second kappa shape index (κ2) is 9.23. The minimum Gasteiger partial charge on any atom is -0.353 e. The van der Waals surface area contributed by atoms with E-state index in [0.717, 1.165) is 17.2 Å². The minimum absolute atomic E-state index is 0.226. The van der Waals surface area contributed by atoms with Crippen LogP contribution in [0.15, 0.2) is 41.3 Å². The van der Waals surface area contributed by atoms with E-state index in [2.05, 4.69) is 20.0 Å². The molecule has 2 aromatic heterocycles. The lowest BCUT2D eigenvalue weighted by molar-refractivity contribution is 0.0743. The number of amides is 1. The first-order valence-electron chi connectivity index (χ1n) is 10.3. The van der Waals surface area contributed by atoms with Crippen LogP contribution in [0, 0.1) is 20.8 Å². The summed E-state index contributed by atoms with van der Waals surface area (Å²) in [4.78, 5) is 26.2. The maximum atomic E-state index is 13.0. The summed E-state index contributed by atoms with van der Waals surface area (Å²) in [6.07, 6.45) is 0. The number of anilines is 1. The standard InChI is InChI=1S/C22H24F2N6OS/c1-14-12-15(2)30(27-14)20-13-19(25-16(3)26-20)28-8-10-29(11-9-28)21(31)17-6-4-5-7-18(17)32-22(23)24/h4-7,12-13,22H,8-11H2,1-3H3. The summed E-state index contributed by atoms with van der Waals surface area (Å²) >= 11 is 0.402. The van der Waals surface area contributed by atoms with Gasteiger partial charge in [-0.3, -0.25) is 4.79 Å². The van der Waals surface area contributed by atoms with Gasteiger partial charge in [0.15, 0.2) is 5.82 Å². The summed E-state index contributed by atoms with van der Waals surface area (Å²) in [6, 6.07) is 10.4. The number of rotatable bonds is 5. The number of carbonyl (C=O) groups is 1. The average molecular weight is 459 g/mol. The number of thioether (sulfide) groups is 1. The summed E-state index contributed by atoms with van der Waals surface area (Å²) in [5.41, 5.74) is 2.22. The molecule has 1 saturated heterocycles.